The Morgan fingerprint density at radius 2 is 1.71 bits per heavy atom. The molecule has 5 nitrogen and oxygen atoms in total. The third-order valence-corrected chi connectivity index (χ3v) is 3.57. The Labute approximate surface area is 146 Å². The second kappa shape index (κ2) is 8.93. The van der Waals surface area contributed by atoms with E-state index in [-0.39, 0.29) is 18.3 Å². The predicted octanol–water partition coefficient (Wildman–Crippen LogP) is 3.96. The van der Waals surface area contributed by atoms with Crippen molar-refractivity contribution in [2.45, 2.75) is 13.3 Å². The molecular formula is C18H19ClN2O3. The lowest BCUT2D eigenvalue weighted by Crippen LogP contribution is -2.17. The Bertz CT molecular complexity index is 719. The number of anilines is 2. The van der Waals surface area contributed by atoms with Crippen LogP contribution in [0.3, 0.4) is 0 Å². The fraction of sp³-hybridized carbons (Fsp3) is 0.222. The van der Waals surface area contributed by atoms with Crippen molar-refractivity contribution in [2.75, 3.05) is 23.8 Å². The van der Waals surface area contributed by atoms with E-state index in [0.717, 1.165) is 0 Å². The van der Waals surface area contributed by atoms with Gasteiger partial charge >= 0.3 is 5.97 Å². The van der Waals surface area contributed by atoms with Crippen molar-refractivity contribution in [1.29, 1.82) is 0 Å². The van der Waals surface area contributed by atoms with Crippen LogP contribution in [0.4, 0.5) is 11.4 Å². The Hall–Kier alpha value is -2.53. The van der Waals surface area contributed by atoms with E-state index in [4.69, 9.17) is 16.3 Å². The maximum Gasteiger partial charge on any atom is 0.340 e. The second-order valence-corrected chi connectivity index (χ2v) is 5.38. The van der Waals surface area contributed by atoms with Crippen LogP contribution in [0.15, 0.2) is 48.5 Å². The van der Waals surface area contributed by atoms with Crippen molar-refractivity contribution in [3.05, 3.63) is 59.1 Å². The molecule has 2 aromatic rings. The van der Waals surface area contributed by atoms with Crippen molar-refractivity contribution in [1.82, 2.24) is 0 Å². The number of amides is 1. The lowest BCUT2D eigenvalue weighted by atomic mass is 10.1. The van der Waals surface area contributed by atoms with Gasteiger partial charge in [-0.25, -0.2) is 4.79 Å². The number of halogens is 1. The average molecular weight is 347 g/mol. The highest BCUT2D eigenvalue weighted by molar-refractivity contribution is 6.33. The molecule has 0 aliphatic carbocycles. The van der Waals surface area contributed by atoms with Crippen LogP contribution in [0, 0.1) is 0 Å². The lowest BCUT2D eigenvalue weighted by molar-refractivity contribution is -0.115. The molecule has 0 atom stereocenters. The molecular weight excluding hydrogens is 328 g/mol. The minimum absolute atomic E-state index is 0.163. The van der Waals surface area contributed by atoms with E-state index < -0.39 is 0 Å². The summed E-state index contributed by atoms with van der Waals surface area (Å²) in [6.07, 6.45) is 0.238. The number of rotatable bonds is 7. The summed E-state index contributed by atoms with van der Waals surface area (Å²) in [5.41, 5.74) is 1.67. The Balaban J connectivity index is 1.89. The largest absolute Gasteiger partial charge is 0.462 e. The van der Waals surface area contributed by atoms with Crippen LogP contribution < -0.4 is 10.6 Å². The monoisotopic (exact) mass is 346 g/mol. The fourth-order valence-corrected chi connectivity index (χ4v) is 2.29. The summed E-state index contributed by atoms with van der Waals surface area (Å²) in [5, 5.41) is 6.33. The zero-order chi connectivity index (χ0) is 17.4. The van der Waals surface area contributed by atoms with Crippen molar-refractivity contribution < 1.29 is 14.3 Å². The summed E-state index contributed by atoms with van der Waals surface area (Å²) >= 11 is 6.00. The van der Waals surface area contributed by atoms with E-state index in [2.05, 4.69) is 10.6 Å². The highest BCUT2D eigenvalue weighted by Gasteiger charge is 2.12. The van der Waals surface area contributed by atoms with Gasteiger partial charge in [-0.05, 0) is 31.2 Å². The van der Waals surface area contributed by atoms with Gasteiger partial charge in [0.2, 0.25) is 5.91 Å². The first kappa shape index (κ1) is 17.8. The maximum atomic E-state index is 12.0. The summed E-state index contributed by atoms with van der Waals surface area (Å²) in [7, 11) is 0. The third kappa shape index (κ3) is 4.99. The van der Waals surface area contributed by atoms with Gasteiger partial charge in [0.1, 0.15) is 0 Å². The Morgan fingerprint density at radius 1 is 1.04 bits per heavy atom. The van der Waals surface area contributed by atoms with Crippen molar-refractivity contribution >= 4 is 34.9 Å². The molecule has 0 saturated heterocycles. The molecule has 0 spiro atoms. The topological polar surface area (TPSA) is 67.4 Å². The van der Waals surface area contributed by atoms with Gasteiger partial charge in [0.25, 0.3) is 0 Å². The fourth-order valence-electron chi connectivity index (χ4n) is 2.11. The number of nitrogens with one attached hydrogen (secondary N) is 2. The summed E-state index contributed by atoms with van der Waals surface area (Å²) < 4.78 is 5.02. The molecule has 0 saturated carbocycles. The van der Waals surface area contributed by atoms with Gasteiger partial charge < -0.3 is 15.4 Å². The molecule has 6 heteroatoms. The average Bonchev–Trinajstić information content (AvgIpc) is 2.57. The van der Waals surface area contributed by atoms with E-state index in [1.165, 1.54) is 0 Å². The predicted molar refractivity (Wildman–Crippen MR) is 95.6 cm³/mol. The lowest BCUT2D eigenvalue weighted by Gasteiger charge is -2.11. The van der Waals surface area contributed by atoms with Gasteiger partial charge in [-0.2, -0.15) is 0 Å². The van der Waals surface area contributed by atoms with Gasteiger partial charge in [-0.3, -0.25) is 4.79 Å². The molecule has 1 amide bonds. The molecule has 0 heterocycles. The molecule has 2 aromatic carbocycles. The molecule has 0 aromatic heterocycles. The molecule has 2 rings (SSSR count). The van der Waals surface area contributed by atoms with E-state index in [1.54, 1.807) is 49.4 Å². The van der Waals surface area contributed by atoms with Gasteiger partial charge in [-0.15, -0.1) is 0 Å². The summed E-state index contributed by atoms with van der Waals surface area (Å²) in [5.74, 6) is -0.551. The molecule has 126 valence electrons. The SMILES string of the molecule is CCOC(=O)c1ccccc1NCCC(=O)Nc1ccccc1Cl. The van der Waals surface area contributed by atoms with E-state index in [9.17, 15) is 9.59 Å². The molecule has 0 aliphatic rings. The standard InChI is InChI=1S/C18H19ClN2O3/c1-2-24-18(23)13-7-3-5-9-15(13)20-12-11-17(22)21-16-10-6-4-8-14(16)19/h3-10,20H,2,11-12H2,1H3,(H,21,22). The van der Waals surface area contributed by atoms with Gasteiger partial charge in [0, 0.05) is 18.7 Å². The highest BCUT2D eigenvalue weighted by Crippen LogP contribution is 2.20. The van der Waals surface area contributed by atoms with E-state index in [1.807, 2.05) is 6.07 Å². The van der Waals surface area contributed by atoms with Crippen LogP contribution in [0.2, 0.25) is 5.02 Å². The van der Waals surface area contributed by atoms with Crippen LogP contribution in [0.25, 0.3) is 0 Å². The third-order valence-electron chi connectivity index (χ3n) is 3.24. The highest BCUT2D eigenvalue weighted by atomic mass is 35.5. The number of benzene rings is 2. The van der Waals surface area contributed by atoms with E-state index in [0.29, 0.717) is 35.1 Å². The van der Waals surface area contributed by atoms with Crippen LogP contribution in [-0.4, -0.2) is 25.0 Å². The van der Waals surface area contributed by atoms with Crippen LogP contribution in [0.1, 0.15) is 23.7 Å². The first-order valence-corrected chi connectivity index (χ1v) is 8.04. The number of hydrogen-bond acceptors (Lipinski definition) is 4. The number of ether oxygens (including phenoxy) is 1. The molecule has 0 radical (unpaired) electrons. The molecule has 2 N–H and O–H groups in total. The summed E-state index contributed by atoms with van der Waals surface area (Å²) in [6, 6.07) is 14.1. The zero-order valence-corrected chi connectivity index (χ0v) is 14.1. The van der Waals surface area contributed by atoms with Crippen LogP contribution in [0.5, 0.6) is 0 Å². The maximum absolute atomic E-state index is 12.0. The Morgan fingerprint density at radius 3 is 2.42 bits per heavy atom. The van der Waals surface area contributed by atoms with Gasteiger partial charge in [0.15, 0.2) is 0 Å². The van der Waals surface area contributed by atoms with Crippen molar-refractivity contribution in [3.63, 3.8) is 0 Å². The molecule has 0 fully saturated rings. The van der Waals surface area contributed by atoms with Crippen LogP contribution >= 0.6 is 11.6 Å². The van der Waals surface area contributed by atoms with Gasteiger partial charge in [-0.1, -0.05) is 35.9 Å². The molecule has 0 aliphatic heterocycles. The zero-order valence-electron chi connectivity index (χ0n) is 13.3. The normalized spacial score (nSPS) is 10.1. The summed E-state index contributed by atoms with van der Waals surface area (Å²) in [6.45, 7) is 2.45. The molecule has 0 unspecified atom stereocenters. The number of esters is 1. The second-order valence-electron chi connectivity index (χ2n) is 4.97. The number of carbonyl (C=O) groups excluding carboxylic acids is 2. The molecule has 24 heavy (non-hydrogen) atoms. The number of carbonyl (C=O) groups is 2. The smallest absolute Gasteiger partial charge is 0.340 e. The summed E-state index contributed by atoms with van der Waals surface area (Å²) in [4.78, 5) is 23.9. The minimum atomic E-state index is -0.388. The first-order valence-electron chi connectivity index (χ1n) is 7.66. The van der Waals surface area contributed by atoms with Crippen molar-refractivity contribution in [3.8, 4) is 0 Å². The Kier molecular flexibility index (Phi) is 6.63. The number of para-hydroxylation sites is 2. The minimum Gasteiger partial charge on any atom is -0.462 e. The quantitative estimate of drug-likeness (QED) is 0.745. The number of hydrogen-bond donors (Lipinski definition) is 2. The molecule has 0 bridgehead atoms. The van der Waals surface area contributed by atoms with Crippen LogP contribution in [-0.2, 0) is 9.53 Å². The van der Waals surface area contributed by atoms with E-state index >= 15 is 0 Å². The first-order chi connectivity index (χ1) is 11.6. The van der Waals surface area contributed by atoms with Gasteiger partial charge in [0.05, 0.1) is 22.9 Å². The van der Waals surface area contributed by atoms with Crippen molar-refractivity contribution in [2.24, 2.45) is 0 Å².